The van der Waals surface area contributed by atoms with Crippen LogP contribution in [-0.2, 0) is 14.3 Å². The van der Waals surface area contributed by atoms with E-state index in [9.17, 15) is 14.4 Å². The molecular formula is C11H20N2O6. The molecule has 0 aromatic carbocycles. The number of methoxy groups -OCH3 is 1. The molecule has 0 aliphatic heterocycles. The smallest absolute Gasteiger partial charge is 0.326 e. The van der Waals surface area contributed by atoms with Crippen LogP contribution in [0.15, 0.2) is 0 Å². The second kappa shape index (κ2) is 9.15. The van der Waals surface area contributed by atoms with Gasteiger partial charge in [-0.25, -0.2) is 9.59 Å². The summed E-state index contributed by atoms with van der Waals surface area (Å²) in [6.07, 6.45) is -0.483. The van der Waals surface area contributed by atoms with Gasteiger partial charge >= 0.3 is 18.0 Å². The first-order valence-electron chi connectivity index (χ1n) is 5.84. The molecule has 8 heteroatoms. The molecule has 2 atom stereocenters. The van der Waals surface area contributed by atoms with E-state index in [1.165, 1.54) is 0 Å². The number of carboxylic acid groups (broad SMARTS) is 2. The quantitative estimate of drug-likeness (QED) is 0.465. The summed E-state index contributed by atoms with van der Waals surface area (Å²) < 4.78 is 4.89. The Morgan fingerprint density at radius 2 is 1.89 bits per heavy atom. The van der Waals surface area contributed by atoms with Gasteiger partial charge in [0.25, 0.3) is 0 Å². The zero-order valence-corrected chi connectivity index (χ0v) is 11.0. The number of carboxylic acids is 2. The van der Waals surface area contributed by atoms with E-state index in [1.807, 2.05) is 6.92 Å². The highest BCUT2D eigenvalue weighted by Crippen LogP contribution is 1.98. The van der Waals surface area contributed by atoms with E-state index in [2.05, 4.69) is 10.6 Å². The number of urea groups is 1. The summed E-state index contributed by atoms with van der Waals surface area (Å²) >= 11 is 0. The SMILES string of the molecule is COCC(C)CNC(=O)N[C@@H](CCC(=O)O)C(=O)O. The first kappa shape index (κ1) is 17.2. The molecule has 0 radical (unpaired) electrons. The van der Waals surface area contributed by atoms with Crippen molar-refractivity contribution in [2.45, 2.75) is 25.8 Å². The predicted octanol–water partition coefficient (Wildman–Crippen LogP) is -0.114. The van der Waals surface area contributed by atoms with Gasteiger partial charge in [0.2, 0.25) is 0 Å². The Balaban J connectivity index is 4.10. The lowest BCUT2D eigenvalue weighted by molar-refractivity contribution is -0.140. The fraction of sp³-hybridized carbons (Fsp3) is 0.727. The van der Waals surface area contributed by atoms with Crippen LogP contribution in [-0.4, -0.2) is 54.5 Å². The predicted molar refractivity (Wildman–Crippen MR) is 65.9 cm³/mol. The molecule has 0 aliphatic rings. The highest BCUT2D eigenvalue weighted by molar-refractivity contribution is 5.82. The molecule has 1 unspecified atom stereocenters. The monoisotopic (exact) mass is 276 g/mol. The van der Waals surface area contributed by atoms with Crippen molar-refractivity contribution >= 4 is 18.0 Å². The van der Waals surface area contributed by atoms with Crippen molar-refractivity contribution in [3.8, 4) is 0 Å². The van der Waals surface area contributed by atoms with Crippen LogP contribution < -0.4 is 10.6 Å². The normalized spacial score (nSPS) is 13.4. The molecule has 0 spiro atoms. The number of hydrogen-bond acceptors (Lipinski definition) is 4. The molecule has 4 N–H and O–H groups in total. The van der Waals surface area contributed by atoms with Crippen molar-refractivity contribution in [1.82, 2.24) is 10.6 Å². The highest BCUT2D eigenvalue weighted by Gasteiger charge is 2.20. The second-order valence-corrected chi connectivity index (χ2v) is 4.24. The van der Waals surface area contributed by atoms with Crippen molar-refractivity contribution in [2.24, 2.45) is 5.92 Å². The number of ether oxygens (including phenoxy) is 1. The third kappa shape index (κ3) is 8.83. The molecule has 0 saturated carbocycles. The minimum Gasteiger partial charge on any atom is -0.481 e. The lowest BCUT2D eigenvalue weighted by atomic mass is 10.1. The first-order valence-corrected chi connectivity index (χ1v) is 5.84. The molecular weight excluding hydrogens is 256 g/mol. The van der Waals surface area contributed by atoms with Gasteiger partial charge in [-0.1, -0.05) is 6.92 Å². The molecule has 0 rings (SSSR count). The van der Waals surface area contributed by atoms with E-state index in [0.29, 0.717) is 13.2 Å². The molecule has 0 aromatic heterocycles. The third-order valence-corrected chi connectivity index (χ3v) is 2.31. The van der Waals surface area contributed by atoms with E-state index in [4.69, 9.17) is 14.9 Å². The molecule has 0 fully saturated rings. The van der Waals surface area contributed by atoms with E-state index < -0.39 is 24.0 Å². The van der Waals surface area contributed by atoms with Gasteiger partial charge in [0.1, 0.15) is 6.04 Å². The summed E-state index contributed by atoms with van der Waals surface area (Å²) in [4.78, 5) is 32.6. The number of carbonyl (C=O) groups is 3. The largest absolute Gasteiger partial charge is 0.481 e. The second-order valence-electron chi connectivity index (χ2n) is 4.24. The zero-order valence-electron chi connectivity index (χ0n) is 11.0. The molecule has 0 saturated heterocycles. The number of nitrogens with one attached hydrogen (secondary N) is 2. The standard InChI is InChI=1S/C11H20N2O6/c1-7(6-19-2)5-12-11(18)13-8(10(16)17)3-4-9(14)15/h7-8H,3-6H2,1-2H3,(H,14,15)(H,16,17)(H2,12,13,18)/t7?,8-/m0/s1. The average Bonchev–Trinajstić information content (AvgIpc) is 2.31. The Morgan fingerprint density at radius 3 is 2.37 bits per heavy atom. The third-order valence-electron chi connectivity index (χ3n) is 2.31. The van der Waals surface area contributed by atoms with Gasteiger partial charge in [-0.15, -0.1) is 0 Å². The van der Waals surface area contributed by atoms with Crippen LogP contribution in [0.1, 0.15) is 19.8 Å². The van der Waals surface area contributed by atoms with Crippen molar-refractivity contribution in [1.29, 1.82) is 0 Å². The van der Waals surface area contributed by atoms with Gasteiger partial charge in [-0.05, 0) is 12.3 Å². The molecule has 19 heavy (non-hydrogen) atoms. The molecule has 8 nitrogen and oxygen atoms in total. The minimum atomic E-state index is -1.26. The molecule has 0 bridgehead atoms. The molecule has 2 amide bonds. The average molecular weight is 276 g/mol. The number of rotatable bonds is 9. The van der Waals surface area contributed by atoms with Crippen LogP contribution in [0.3, 0.4) is 0 Å². The van der Waals surface area contributed by atoms with Crippen LogP contribution in [0.25, 0.3) is 0 Å². The lowest BCUT2D eigenvalue weighted by Crippen LogP contribution is -2.47. The Kier molecular flexibility index (Phi) is 8.27. The van der Waals surface area contributed by atoms with Crippen molar-refractivity contribution in [3.63, 3.8) is 0 Å². The van der Waals surface area contributed by atoms with Gasteiger partial charge in [-0.2, -0.15) is 0 Å². The van der Waals surface area contributed by atoms with Gasteiger partial charge in [0.15, 0.2) is 0 Å². The summed E-state index contributed by atoms with van der Waals surface area (Å²) in [6.45, 7) is 2.68. The highest BCUT2D eigenvalue weighted by atomic mass is 16.5. The van der Waals surface area contributed by atoms with Crippen molar-refractivity contribution in [3.05, 3.63) is 0 Å². The molecule has 110 valence electrons. The Bertz CT molecular complexity index is 320. The van der Waals surface area contributed by atoms with Gasteiger partial charge in [0, 0.05) is 20.1 Å². The number of aliphatic carboxylic acids is 2. The van der Waals surface area contributed by atoms with Crippen molar-refractivity contribution < 1.29 is 29.3 Å². The van der Waals surface area contributed by atoms with Crippen LogP contribution in [0.2, 0.25) is 0 Å². The van der Waals surface area contributed by atoms with Crippen molar-refractivity contribution in [2.75, 3.05) is 20.3 Å². The fourth-order valence-corrected chi connectivity index (χ4v) is 1.34. The van der Waals surface area contributed by atoms with E-state index in [-0.39, 0.29) is 18.8 Å². The van der Waals surface area contributed by atoms with Gasteiger partial charge in [-0.3, -0.25) is 4.79 Å². The summed E-state index contributed by atoms with van der Waals surface area (Å²) in [7, 11) is 1.54. The van der Waals surface area contributed by atoms with Gasteiger partial charge < -0.3 is 25.6 Å². The maximum atomic E-state index is 11.4. The molecule has 0 heterocycles. The van der Waals surface area contributed by atoms with E-state index in [1.54, 1.807) is 7.11 Å². The Hall–Kier alpha value is -1.83. The summed E-state index contributed by atoms with van der Waals surface area (Å²) in [5.74, 6) is -2.28. The molecule has 0 aromatic rings. The Labute approximate surface area is 111 Å². The maximum Gasteiger partial charge on any atom is 0.326 e. The van der Waals surface area contributed by atoms with Crippen LogP contribution in [0.5, 0.6) is 0 Å². The summed E-state index contributed by atoms with van der Waals surface area (Å²) in [6, 6.07) is -1.85. The maximum absolute atomic E-state index is 11.4. The minimum absolute atomic E-state index is 0.0954. The first-order chi connectivity index (χ1) is 8.86. The fourth-order valence-electron chi connectivity index (χ4n) is 1.34. The molecule has 0 aliphatic carbocycles. The van der Waals surface area contributed by atoms with Crippen LogP contribution in [0.4, 0.5) is 4.79 Å². The van der Waals surface area contributed by atoms with E-state index in [0.717, 1.165) is 0 Å². The van der Waals surface area contributed by atoms with E-state index >= 15 is 0 Å². The van der Waals surface area contributed by atoms with Crippen LogP contribution >= 0.6 is 0 Å². The Morgan fingerprint density at radius 1 is 1.26 bits per heavy atom. The summed E-state index contributed by atoms with van der Waals surface area (Å²) in [5.41, 5.74) is 0. The number of hydrogen-bond donors (Lipinski definition) is 4. The summed E-state index contributed by atoms with van der Waals surface area (Å²) in [5, 5.41) is 22.0. The van der Waals surface area contributed by atoms with Crippen LogP contribution in [0, 0.1) is 5.92 Å². The number of carbonyl (C=O) groups excluding carboxylic acids is 1. The zero-order chi connectivity index (χ0) is 14.8. The number of amides is 2. The lowest BCUT2D eigenvalue weighted by Gasteiger charge is -2.16. The topological polar surface area (TPSA) is 125 Å². The van der Waals surface area contributed by atoms with Gasteiger partial charge in [0.05, 0.1) is 6.61 Å².